The monoisotopic (exact) mass is 316 g/mol. The first-order chi connectivity index (χ1) is 9.71. The lowest BCUT2D eigenvalue weighted by Crippen LogP contribution is -2.46. The molecule has 6 nitrogen and oxygen atoms in total. The Morgan fingerprint density at radius 3 is 2.00 bits per heavy atom. The lowest BCUT2D eigenvalue weighted by Gasteiger charge is -2.27. The van der Waals surface area contributed by atoms with Gasteiger partial charge in [0.05, 0.1) is 21.3 Å². The van der Waals surface area contributed by atoms with E-state index in [0.717, 1.165) is 13.1 Å². The zero-order valence-corrected chi connectivity index (χ0v) is 13.3. The van der Waals surface area contributed by atoms with Crippen molar-refractivity contribution in [3.8, 4) is 17.2 Å². The fourth-order valence-electron chi connectivity index (χ4n) is 2.26. The van der Waals surface area contributed by atoms with Gasteiger partial charge < -0.3 is 24.4 Å². The Hall–Kier alpha value is -1.66. The number of rotatable bonds is 4. The predicted molar refractivity (Wildman–Crippen MR) is 82.1 cm³/mol. The van der Waals surface area contributed by atoms with Gasteiger partial charge in [-0.3, -0.25) is 4.79 Å². The predicted octanol–water partition coefficient (Wildman–Crippen LogP) is 1.18. The van der Waals surface area contributed by atoms with E-state index in [-0.39, 0.29) is 18.3 Å². The molecule has 0 aromatic heterocycles. The Kier molecular flexibility index (Phi) is 6.58. The SMILES string of the molecule is COc1cc(C(=O)N2CCNCC2)cc(OC)c1OC.Cl. The normalized spacial score (nSPS) is 14.1. The summed E-state index contributed by atoms with van der Waals surface area (Å²) in [5.74, 6) is 1.45. The Labute approximate surface area is 130 Å². The van der Waals surface area contributed by atoms with Crippen LogP contribution in [0.4, 0.5) is 0 Å². The van der Waals surface area contributed by atoms with Gasteiger partial charge in [0.25, 0.3) is 5.91 Å². The van der Waals surface area contributed by atoms with Gasteiger partial charge in [0.15, 0.2) is 11.5 Å². The molecule has 7 heteroatoms. The molecule has 118 valence electrons. The summed E-state index contributed by atoms with van der Waals surface area (Å²) in [7, 11) is 4.62. The smallest absolute Gasteiger partial charge is 0.254 e. The quantitative estimate of drug-likeness (QED) is 0.904. The third-order valence-corrected chi connectivity index (χ3v) is 3.32. The summed E-state index contributed by atoms with van der Waals surface area (Å²) < 4.78 is 15.8. The maximum absolute atomic E-state index is 12.5. The molecule has 21 heavy (non-hydrogen) atoms. The van der Waals surface area contributed by atoms with E-state index in [2.05, 4.69) is 5.32 Å². The van der Waals surface area contributed by atoms with Crippen molar-refractivity contribution in [1.82, 2.24) is 10.2 Å². The second-order valence-corrected chi connectivity index (χ2v) is 4.46. The molecule has 1 heterocycles. The van der Waals surface area contributed by atoms with E-state index in [0.29, 0.717) is 35.9 Å². The van der Waals surface area contributed by atoms with Crippen molar-refractivity contribution in [1.29, 1.82) is 0 Å². The number of nitrogens with zero attached hydrogens (tertiary/aromatic N) is 1. The van der Waals surface area contributed by atoms with E-state index in [1.807, 2.05) is 4.90 Å². The van der Waals surface area contributed by atoms with Crippen molar-refractivity contribution >= 4 is 18.3 Å². The molecule has 1 aliphatic heterocycles. The number of ether oxygens (including phenoxy) is 3. The molecule has 0 spiro atoms. The van der Waals surface area contributed by atoms with Crippen LogP contribution in [0.2, 0.25) is 0 Å². The largest absolute Gasteiger partial charge is 0.493 e. The van der Waals surface area contributed by atoms with Crippen LogP contribution in [0, 0.1) is 0 Å². The lowest BCUT2D eigenvalue weighted by molar-refractivity contribution is 0.0735. The maximum Gasteiger partial charge on any atom is 0.254 e. The number of carbonyl (C=O) groups is 1. The van der Waals surface area contributed by atoms with Gasteiger partial charge in [0.1, 0.15) is 0 Å². The standard InChI is InChI=1S/C14H20N2O4.ClH/c1-18-11-8-10(9-12(19-2)13(11)20-3)14(17)16-6-4-15-5-7-16;/h8-9,15H,4-7H2,1-3H3;1H. The number of hydrogen-bond donors (Lipinski definition) is 1. The van der Waals surface area contributed by atoms with Crippen LogP contribution in [-0.4, -0.2) is 58.3 Å². The van der Waals surface area contributed by atoms with Crippen molar-refractivity contribution in [2.24, 2.45) is 0 Å². The molecular formula is C14H21ClN2O4. The minimum absolute atomic E-state index is 0. The summed E-state index contributed by atoms with van der Waals surface area (Å²) in [5, 5.41) is 3.22. The number of nitrogens with one attached hydrogen (secondary N) is 1. The van der Waals surface area contributed by atoms with Gasteiger partial charge in [-0.25, -0.2) is 0 Å². The highest BCUT2D eigenvalue weighted by Crippen LogP contribution is 2.38. The molecule has 1 aromatic rings. The molecule has 0 aliphatic carbocycles. The van der Waals surface area contributed by atoms with Crippen LogP contribution < -0.4 is 19.5 Å². The van der Waals surface area contributed by atoms with Gasteiger partial charge in [0, 0.05) is 31.7 Å². The zero-order chi connectivity index (χ0) is 14.5. The van der Waals surface area contributed by atoms with Crippen molar-refractivity contribution in [2.45, 2.75) is 0 Å². The molecule has 1 N–H and O–H groups in total. The third-order valence-electron chi connectivity index (χ3n) is 3.32. The van der Waals surface area contributed by atoms with Gasteiger partial charge >= 0.3 is 0 Å². The van der Waals surface area contributed by atoms with E-state index < -0.39 is 0 Å². The minimum Gasteiger partial charge on any atom is -0.493 e. The molecule has 1 aromatic carbocycles. The van der Waals surface area contributed by atoms with Crippen LogP contribution >= 0.6 is 12.4 Å². The molecule has 0 atom stereocenters. The number of hydrogen-bond acceptors (Lipinski definition) is 5. The zero-order valence-electron chi connectivity index (χ0n) is 12.5. The molecule has 0 saturated carbocycles. The van der Waals surface area contributed by atoms with Crippen molar-refractivity contribution in [2.75, 3.05) is 47.5 Å². The van der Waals surface area contributed by atoms with Crippen LogP contribution in [0.25, 0.3) is 0 Å². The number of halogens is 1. The summed E-state index contributed by atoms with van der Waals surface area (Å²) in [5.41, 5.74) is 0.543. The van der Waals surface area contributed by atoms with Crippen LogP contribution in [0.1, 0.15) is 10.4 Å². The van der Waals surface area contributed by atoms with E-state index in [1.54, 1.807) is 12.1 Å². The highest BCUT2D eigenvalue weighted by Gasteiger charge is 2.22. The highest BCUT2D eigenvalue weighted by molar-refractivity contribution is 5.95. The average molecular weight is 317 g/mol. The summed E-state index contributed by atoms with van der Waals surface area (Å²) >= 11 is 0. The number of carbonyl (C=O) groups excluding carboxylic acids is 1. The Morgan fingerprint density at radius 1 is 1.05 bits per heavy atom. The van der Waals surface area contributed by atoms with E-state index in [4.69, 9.17) is 14.2 Å². The van der Waals surface area contributed by atoms with Crippen molar-refractivity contribution in [3.63, 3.8) is 0 Å². The Morgan fingerprint density at radius 2 is 1.57 bits per heavy atom. The molecule has 0 unspecified atom stereocenters. The first-order valence-corrected chi connectivity index (χ1v) is 6.51. The fourth-order valence-corrected chi connectivity index (χ4v) is 2.26. The molecule has 0 bridgehead atoms. The fraction of sp³-hybridized carbons (Fsp3) is 0.500. The maximum atomic E-state index is 12.5. The first kappa shape index (κ1) is 17.4. The van der Waals surface area contributed by atoms with E-state index >= 15 is 0 Å². The van der Waals surface area contributed by atoms with Gasteiger partial charge in [-0.1, -0.05) is 0 Å². The van der Waals surface area contributed by atoms with Gasteiger partial charge in [-0.15, -0.1) is 12.4 Å². The molecule has 2 rings (SSSR count). The van der Waals surface area contributed by atoms with Gasteiger partial charge in [0.2, 0.25) is 5.75 Å². The summed E-state index contributed by atoms with van der Waals surface area (Å²) in [4.78, 5) is 14.3. The molecular weight excluding hydrogens is 296 g/mol. The topological polar surface area (TPSA) is 60.0 Å². The minimum atomic E-state index is -0.0225. The molecule has 1 saturated heterocycles. The summed E-state index contributed by atoms with van der Waals surface area (Å²) in [6.07, 6.45) is 0. The van der Waals surface area contributed by atoms with Crippen LogP contribution in [0.5, 0.6) is 17.2 Å². The number of amides is 1. The van der Waals surface area contributed by atoms with E-state index in [9.17, 15) is 4.79 Å². The molecule has 1 aliphatic rings. The second kappa shape index (κ2) is 7.95. The van der Waals surface area contributed by atoms with Crippen molar-refractivity contribution < 1.29 is 19.0 Å². The van der Waals surface area contributed by atoms with Crippen LogP contribution in [0.3, 0.4) is 0 Å². The second-order valence-electron chi connectivity index (χ2n) is 4.46. The Balaban J connectivity index is 0.00000220. The first-order valence-electron chi connectivity index (χ1n) is 6.51. The summed E-state index contributed by atoms with van der Waals surface area (Å²) in [6, 6.07) is 3.37. The number of piperazine rings is 1. The van der Waals surface area contributed by atoms with Gasteiger partial charge in [-0.2, -0.15) is 0 Å². The average Bonchev–Trinajstić information content (AvgIpc) is 2.53. The molecule has 1 fully saturated rings. The lowest BCUT2D eigenvalue weighted by atomic mass is 10.1. The molecule has 0 radical (unpaired) electrons. The van der Waals surface area contributed by atoms with Gasteiger partial charge in [-0.05, 0) is 12.1 Å². The van der Waals surface area contributed by atoms with Crippen molar-refractivity contribution in [3.05, 3.63) is 17.7 Å². The highest BCUT2D eigenvalue weighted by atomic mass is 35.5. The van der Waals surface area contributed by atoms with Crippen LogP contribution in [0.15, 0.2) is 12.1 Å². The van der Waals surface area contributed by atoms with Crippen LogP contribution in [-0.2, 0) is 0 Å². The third kappa shape index (κ3) is 3.71. The Bertz CT molecular complexity index is 465. The number of methoxy groups -OCH3 is 3. The summed E-state index contributed by atoms with van der Waals surface area (Å²) in [6.45, 7) is 3.04. The van der Waals surface area contributed by atoms with E-state index in [1.165, 1.54) is 21.3 Å². The number of benzene rings is 1. The molecule has 1 amide bonds.